The Morgan fingerprint density at radius 1 is 0.321 bits per heavy atom. The van der Waals surface area contributed by atoms with E-state index in [1.54, 1.807) is 0 Å². The minimum atomic E-state index is -2.27. The van der Waals surface area contributed by atoms with Crippen molar-refractivity contribution >= 4 is 93.6 Å². The highest BCUT2D eigenvalue weighted by Crippen LogP contribution is 2.57. The molecule has 3 aliphatic carbocycles. The van der Waals surface area contributed by atoms with Crippen molar-refractivity contribution in [3.05, 3.63) is 176 Å². The number of unbranched alkanes of at least 4 members (excludes halogenated alkanes) is 20. The molecule has 6 nitrogen and oxygen atoms in total. The number of aryl methyl sites for hydroxylation is 4. The number of hydrogen-bond acceptors (Lipinski definition) is 5. The number of hydrogen-bond donors (Lipinski definition) is 0. The maximum atomic E-state index is 6.24. The molecular formula is C100H130N6SSi2. The minimum Gasteiger partial charge on any atom is -0.309 e. The van der Waals surface area contributed by atoms with Crippen molar-refractivity contribution in [1.29, 1.82) is 0 Å². The van der Waals surface area contributed by atoms with Crippen LogP contribution in [0.4, 0.5) is 0 Å². The molecular weight excluding hydrogens is 1370 g/mol. The van der Waals surface area contributed by atoms with E-state index in [1.165, 1.54) is 265 Å². The van der Waals surface area contributed by atoms with Crippen LogP contribution in [0.15, 0.2) is 109 Å². The van der Waals surface area contributed by atoms with E-state index >= 15 is 0 Å². The lowest BCUT2D eigenvalue weighted by atomic mass is 9.64. The van der Waals surface area contributed by atoms with Crippen LogP contribution < -0.4 is 0 Å². The van der Waals surface area contributed by atoms with Crippen LogP contribution in [-0.4, -0.2) is 44.0 Å². The summed E-state index contributed by atoms with van der Waals surface area (Å²) in [4.78, 5) is 12.5. The Balaban J connectivity index is 1.03. The monoisotopic (exact) mass is 1500 g/mol. The normalized spacial score (nSPS) is 14.3. The van der Waals surface area contributed by atoms with Gasteiger partial charge in [0, 0.05) is 32.9 Å². The molecule has 3 aliphatic rings. The predicted molar refractivity (Wildman–Crippen MR) is 478 cm³/mol. The third kappa shape index (κ3) is 15.9. The van der Waals surface area contributed by atoms with Gasteiger partial charge in [0.1, 0.15) is 38.2 Å². The summed E-state index contributed by atoms with van der Waals surface area (Å²) < 4.78 is 15.7. The highest BCUT2D eigenvalue weighted by atomic mass is 32.1. The van der Waals surface area contributed by atoms with Gasteiger partial charge in [0.05, 0.1) is 68.1 Å². The van der Waals surface area contributed by atoms with Crippen LogP contribution >= 0.6 is 11.7 Å². The SMILES string of the molecule is CCCCCCCCc1ccc2c(c1)c1cc(CCCCCCCC)ccc1n2-c1ccc2c(c1)[C@H]1c3ccc(-n4c5ccc(CCCCCCCC)cc5c5cc(CCCCCCCC)ccc54)cc3[C@@H]2c2nc3c(C#C[Si](C(C)C)(C(C)C)C(C)C)c4nsnc4c(C#C[Si](C(C)C)(C(C)C)C(C)C)c3nc21. The molecule has 0 saturated heterocycles. The topological polar surface area (TPSA) is 61.4 Å². The molecule has 9 heteroatoms. The first-order valence-corrected chi connectivity index (χ1v) is 49.1. The molecule has 574 valence electrons. The van der Waals surface area contributed by atoms with E-state index in [0.717, 1.165) is 70.3 Å². The lowest BCUT2D eigenvalue weighted by molar-refractivity contribution is 0.607. The fourth-order valence-corrected chi connectivity index (χ4v) is 31.6. The lowest BCUT2D eigenvalue weighted by Crippen LogP contribution is -2.43. The zero-order chi connectivity index (χ0) is 76.7. The molecule has 0 fully saturated rings. The van der Waals surface area contributed by atoms with Crippen LogP contribution in [0.3, 0.4) is 0 Å². The summed E-state index contributed by atoms with van der Waals surface area (Å²) in [6.45, 7) is 38.3. The maximum Gasteiger partial charge on any atom is 0.146 e. The molecule has 0 aliphatic heterocycles. The molecule has 4 heterocycles. The summed E-state index contributed by atoms with van der Waals surface area (Å²) in [5.41, 5.74) is 36.6. The van der Waals surface area contributed by atoms with Crippen molar-refractivity contribution in [2.24, 2.45) is 0 Å². The Kier molecular flexibility index (Phi) is 26.2. The van der Waals surface area contributed by atoms with Crippen molar-refractivity contribution in [2.75, 3.05) is 0 Å². The molecule has 0 radical (unpaired) electrons. The number of rotatable bonds is 36. The van der Waals surface area contributed by atoms with Crippen LogP contribution in [-0.2, 0) is 25.7 Å². The summed E-state index contributed by atoms with van der Waals surface area (Å²) in [5, 5.41) is 5.45. The van der Waals surface area contributed by atoms with Gasteiger partial charge in [-0.1, -0.05) is 287 Å². The summed E-state index contributed by atoms with van der Waals surface area (Å²) in [6.07, 6.45) is 35.6. The lowest BCUT2D eigenvalue weighted by Gasteiger charge is -2.41. The molecule has 2 bridgehead atoms. The van der Waals surface area contributed by atoms with Crippen molar-refractivity contribution in [1.82, 2.24) is 27.8 Å². The Labute approximate surface area is 663 Å². The highest BCUT2D eigenvalue weighted by molar-refractivity contribution is 7.00. The quantitative estimate of drug-likeness (QED) is 0.0223. The number of benzene rings is 7. The molecule has 0 N–H and O–H groups in total. The van der Waals surface area contributed by atoms with Crippen molar-refractivity contribution in [3.63, 3.8) is 0 Å². The van der Waals surface area contributed by atoms with Gasteiger partial charge in [0.2, 0.25) is 0 Å². The maximum absolute atomic E-state index is 6.24. The second kappa shape index (κ2) is 35.7. The smallest absolute Gasteiger partial charge is 0.146 e. The summed E-state index contributed by atoms with van der Waals surface area (Å²) in [5.74, 6) is 7.60. The van der Waals surface area contributed by atoms with E-state index in [-0.39, 0.29) is 11.8 Å². The second-order valence-electron chi connectivity index (χ2n) is 35.3. The van der Waals surface area contributed by atoms with E-state index in [2.05, 4.69) is 252 Å². The van der Waals surface area contributed by atoms with Crippen LogP contribution in [0.25, 0.3) is 77.1 Å². The van der Waals surface area contributed by atoms with Crippen LogP contribution in [0, 0.1) is 22.9 Å². The standard InChI is InChI=1S/C100H130N6SSi2/c1-17-21-25-29-33-37-41-73-45-53-89-83(61-73)84-62-74(42-38-34-30-26-22-18-2)46-54-90(84)105(89)77-49-51-79-87(65-77)93-80-52-50-78(106-91-55-47-75(43-39-35-31-27-23-19-3)63-85(91)86-64-76(48-56-92(86)106)44-40-36-32-28-24-20-4)66-88(80)94(79)100-99(93)101-95-81(57-59-108(67(5)6,68(7)8)69(9)10)97-98(104-107-103-97)82(96(95)102-100)58-60-109(70(11)12,71(13)14)72(15)16/h45-56,61-72,93-94H,17-44H2,1-16H3/t93-,94-/m1/s1. The third-order valence-electron chi connectivity index (χ3n) is 26.4. The largest absolute Gasteiger partial charge is 0.309 e. The number of fused-ring (bicyclic) bond motifs is 8. The fourth-order valence-electron chi connectivity index (χ4n) is 20.6. The van der Waals surface area contributed by atoms with Gasteiger partial charge >= 0.3 is 0 Å². The van der Waals surface area contributed by atoms with E-state index in [0.29, 0.717) is 33.2 Å². The van der Waals surface area contributed by atoms with Gasteiger partial charge in [-0.25, -0.2) is 9.97 Å². The number of aromatic nitrogens is 6. The van der Waals surface area contributed by atoms with E-state index < -0.39 is 16.1 Å². The van der Waals surface area contributed by atoms with Crippen molar-refractivity contribution in [3.8, 4) is 34.3 Å². The van der Waals surface area contributed by atoms with Crippen LogP contribution in [0.1, 0.15) is 344 Å². The second-order valence-corrected chi connectivity index (χ2v) is 47.0. The van der Waals surface area contributed by atoms with Crippen LogP contribution in [0.5, 0.6) is 0 Å². The van der Waals surface area contributed by atoms with Crippen LogP contribution in [0.2, 0.25) is 33.2 Å². The highest BCUT2D eigenvalue weighted by Gasteiger charge is 2.47. The molecule has 0 unspecified atom stereocenters. The molecule has 0 amide bonds. The number of nitrogens with zero attached hydrogens (tertiary/aromatic N) is 6. The zero-order valence-electron chi connectivity index (χ0n) is 69.9. The van der Waals surface area contributed by atoms with Gasteiger partial charge in [0.25, 0.3) is 0 Å². The fraction of sp³-hybridized carbons (Fsp3) is 0.520. The van der Waals surface area contributed by atoms with Gasteiger partial charge < -0.3 is 9.13 Å². The van der Waals surface area contributed by atoms with Gasteiger partial charge in [0.15, 0.2) is 0 Å². The van der Waals surface area contributed by atoms with Gasteiger partial charge in [-0.05, 0) is 202 Å². The first-order chi connectivity index (χ1) is 52.9. The first-order valence-electron chi connectivity index (χ1n) is 43.9. The zero-order valence-corrected chi connectivity index (χ0v) is 72.7. The van der Waals surface area contributed by atoms with Gasteiger partial charge in [-0.3, -0.25) is 0 Å². The first kappa shape index (κ1) is 79.9. The average molecular weight is 1500 g/mol. The summed E-state index contributed by atoms with van der Waals surface area (Å²) >= 11 is 1.28. The minimum absolute atomic E-state index is 0.220. The molecule has 0 spiro atoms. The van der Waals surface area contributed by atoms with Gasteiger partial charge in [-0.2, -0.15) is 8.75 Å². The molecule has 2 atom stereocenters. The van der Waals surface area contributed by atoms with Crippen molar-refractivity contribution in [2.45, 2.75) is 336 Å². The summed E-state index contributed by atoms with van der Waals surface area (Å²) in [7, 11) is -4.54. The molecule has 14 rings (SSSR count). The average Bonchev–Trinajstić information content (AvgIpc) is 1.24. The Hall–Kier alpha value is -7.15. The van der Waals surface area contributed by atoms with E-state index in [1.807, 2.05) is 0 Å². The van der Waals surface area contributed by atoms with E-state index in [9.17, 15) is 0 Å². The molecule has 7 aromatic carbocycles. The predicted octanol–water partition coefficient (Wildman–Crippen LogP) is 29.6. The molecule has 11 aromatic rings. The Bertz CT molecular complexity index is 4640. The molecule has 0 saturated carbocycles. The van der Waals surface area contributed by atoms with Crippen molar-refractivity contribution < 1.29 is 0 Å². The summed E-state index contributed by atoms with van der Waals surface area (Å²) in [6, 6.07) is 44.8. The Morgan fingerprint density at radius 2 is 0.596 bits per heavy atom. The Morgan fingerprint density at radius 3 is 0.872 bits per heavy atom. The molecule has 4 aromatic heterocycles. The molecule has 109 heavy (non-hydrogen) atoms. The third-order valence-corrected chi connectivity index (χ3v) is 39.5. The van der Waals surface area contributed by atoms with Gasteiger partial charge in [-0.15, -0.1) is 11.1 Å². The van der Waals surface area contributed by atoms with E-state index in [4.69, 9.17) is 18.7 Å².